The Morgan fingerprint density at radius 3 is 2.67 bits per heavy atom. The van der Waals surface area contributed by atoms with E-state index in [0.717, 1.165) is 12.8 Å². The van der Waals surface area contributed by atoms with Gasteiger partial charge in [-0.05, 0) is 6.42 Å². The van der Waals surface area contributed by atoms with Crippen molar-refractivity contribution < 1.29 is 0 Å². The molecule has 0 aliphatic heterocycles. The summed E-state index contributed by atoms with van der Waals surface area (Å²) in [6.45, 7) is 2.08. The third-order valence-electron chi connectivity index (χ3n) is 0.551. The van der Waals surface area contributed by atoms with Crippen LogP contribution < -0.4 is 0 Å². The number of hydrogen-bond acceptors (Lipinski definition) is 0. The Morgan fingerprint density at radius 2 is 2.50 bits per heavy atom. The first-order chi connectivity index (χ1) is 2.91. The first-order valence-corrected chi connectivity index (χ1v) is 2.17. The molecule has 1 radical (unpaired) electrons. The van der Waals surface area contributed by atoms with Crippen molar-refractivity contribution >= 4 is 0 Å². The average molecular weight is 81.1 g/mol. The van der Waals surface area contributed by atoms with Crippen molar-refractivity contribution in [2.24, 2.45) is 0 Å². The van der Waals surface area contributed by atoms with E-state index in [0.29, 0.717) is 0 Å². The zero-order valence-electron chi connectivity index (χ0n) is 4.07. The van der Waals surface area contributed by atoms with Gasteiger partial charge in [0.1, 0.15) is 0 Å². The fourth-order valence-corrected chi connectivity index (χ4v) is 0.228. The number of unbranched alkanes of at least 4 members (excludes halogenated alkanes) is 2. The molecule has 0 N–H and O–H groups in total. The average Bonchev–Trinajstić information content (AvgIpc) is 1.61. The molecule has 0 heteroatoms. The van der Waals surface area contributed by atoms with Gasteiger partial charge in [-0.2, -0.15) is 0 Å². The van der Waals surface area contributed by atoms with E-state index in [9.17, 15) is 0 Å². The first kappa shape index (κ1) is 5.56. The molecule has 33 valence electrons. The van der Waals surface area contributed by atoms with Crippen molar-refractivity contribution in [3.63, 3.8) is 0 Å². The molecule has 0 fully saturated rings. The lowest BCUT2D eigenvalue weighted by Crippen LogP contribution is -1.64. The first-order valence-electron chi connectivity index (χ1n) is 2.17. The highest BCUT2D eigenvalue weighted by Crippen LogP contribution is 1.86. The third-order valence-corrected chi connectivity index (χ3v) is 0.551. The number of hydrogen-bond donors (Lipinski definition) is 0. The number of rotatable bonds is 2. The molecule has 0 aromatic heterocycles. The largest absolute Gasteiger partial charge is 0.120 e. The summed E-state index contributed by atoms with van der Waals surface area (Å²) in [5.74, 6) is 2.51. The standard InChI is InChI=1S/C6H9/c1-3-5-6-4-2/h1,6H,4-5H2,2H3. The zero-order chi connectivity index (χ0) is 4.83. The van der Waals surface area contributed by atoms with Gasteiger partial charge in [0.2, 0.25) is 0 Å². The van der Waals surface area contributed by atoms with Gasteiger partial charge in [-0.3, -0.25) is 0 Å². The van der Waals surface area contributed by atoms with Crippen molar-refractivity contribution in [3.05, 3.63) is 6.42 Å². The Balaban J connectivity index is 2.54. The molecule has 0 heterocycles. The van der Waals surface area contributed by atoms with Gasteiger partial charge in [-0.1, -0.05) is 13.3 Å². The predicted molar refractivity (Wildman–Crippen MR) is 28.0 cm³/mol. The maximum absolute atomic E-state index is 4.93. The molecule has 0 aromatic rings. The Hall–Kier alpha value is -0.440. The molecule has 0 unspecified atom stereocenters. The van der Waals surface area contributed by atoms with Crippen molar-refractivity contribution in [3.8, 4) is 12.3 Å². The monoisotopic (exact) mass is 81.1 g/mol. The van der Waals surface area contributed by atoms with E-state index in [1.807, 2.05) is 0 Å². The minimum Gasteiger partial charge on any atom is -0.120 e. The molecular formula is C6H9. The van der Waals surface area contributed by atoms with Gasteiger partial charge < -0.3 is 0 Å². The van der Waals surface area contributed by atoms with Gasteiger partial charge in [0.15, 0.2) is 0 Å². The lowest BCUT2D eigenvalue weighted by molar-refractivity contribution is 1.04. The summed E-state index contributed by atoms with van der Waals surface area (Å²) in [6.07, 6.45) is 8.91. The van der Waals surface area contributed by atoms with Crippen LogP contribution >= 0.6 is 0 Å². The van der Waals surface area contributed by atoms with Crippen LogP contribution in [0.4, 0.5) is 0 Å². The summed E-state index contributed by atoms with van der Waals surface area (Å²) in [7, 11) is 0. The summed E-state index contributed by atoms with van der Waals surface area (Å²) in [5.41, 5.74) is 0. The van der Waals surface area contributed by atoms with Crippen LogP contribution in [0.1, 0.15) is 19.8 Å². The van der Waals surface area contributed by atoms with Crippen LogP contribution in [0, 0.1) is 18.8 Å². The van der Waals surface area contributed by atoms with E-state index in [1.54, 1.807) is 0 Å². The highest BCUT2D eigenvalue weighted by molar-refractivity contribution is 4.89. The van der Waals surface area contributed by atoms with Crippen molar-refractivity contribution in [1.82, 2.24) is 0 Å². The summed E-state index contributed by atoms with van der Waals surface area (Å²) in [4.78, 5) is 0. The van der Waals surface area contributed by atoms with Crippen molar-refractivity contribution in [2.45, 2.75) is 19.8 Å². The zero-order valence-corrected chi connectivity index (χ0v) is 4.07. The summed E-state index contributed by atoms with van der Waals surface area (Å²) < 4.78 is 0. The van der Waals surface area contributed by atoms with E-state index in [-0.39, 0.29) is 0 Å². The minimum absolute atomic E-state index is 0.816. The lowest BCUT2D eigenvalue weighted by atomic mass is 10.3. The highest BCUT2D eigenvalue weighted by atomic mass is 13.8. The SMILES string of the molecule is C#CC[CH]CC. The Labute approximate surface area is 39.6 Å². The normalized spacial score (nSPS) is 7.33. The maximum Gasteiger partial charge on any atom is 0.0117 e. The quantitative estimate of drug-likeness (QED) is 0.350. The molecule has 0 rings (SSSR count). The van der Waals surface area contributed by atoms with Crippen LogP contribution in [0.5, 0.6) is 0 Å². The minimum atomic E-state index is 0.816. The molecule has 0 nitrogen and oxygen atoms in total. The summed E-state index contributed by atoms with van der Waals surface area (Å²) in [6, 6.07) is 0. The molecule has 0 bridgehead atoms. The van der Waals surface area contributed by atoms with E-state index >= 15 is 0 Å². The molecule has 0 aliphatic rings. The second kappa shape index (κ2) is 4.56. The number of terminal acetylenes is 1. The van der Waals surface area contributed by atoms with Crippen LogP contribution in [0.2, 0.25) is 0 Å². The smallest absolute Gasteiger partial charge is 0.0117 e. The van der Waals surface area contributed by atoms with Gasteiger partial charge >= 0.3 is 0 Å². The third kappa shape index (κ3) is 3.56. The molecular weight excluding hydrogens is 72.1 g/mol. The Kier molecular flexibility index (Phi) is 4.23. The van der Waals surface area contributed by atoms with Crippen LogP contribution in [0.15, 0.2) is 0 Å². The fraction of sp³-hybridized carbons (Fsp3) is 0.500. The fourth-order valence-electron chi connectivity index (χ4n) is 0.228. The molecule has 0 spiro atoms. The molecule has 0 aromatic carbocycles. The van der Waals surface area contributed by atoms with Crippen LogP contribution in [0.25, 0.3) is 0 Å². The van der Waals surface area contributed by atoms with Crippen molar-refractivity contribution in [2.75, 3.05) is 0 Å². The van der Waals surface area contributed by atoms with E-state index in [4.69, 9.17) is 6.42 Å². The molecule has 0 saturated heterocycles. The van der Waals surface area contributed by atoms with E-state index in [2.05, 4.69) is 19.3 Å². The van der Waals surface area contributed by atoms with Gasteiger partial charge in [0, 0.05) is 6.42 Å². The Bertz CT molecular complexity index is 47.5. The second-order valence-corrected chi connectivity index (χ2v) is 1.11. The molecule has 0 saturated carbocycles. The molecule has 0 atom stereocenters. The highest BCUT2D eigenvalue weighted by Gasteiger charge is 1.72. The van der Waals surface area contributed by atoms with Gasteiger partial charge in [0.25, 0.3) is 0 Å². The van der Waals surface area contributed by atoms with Crippen LogP contribution in [-0.4, -0.2) is 0 Å². The van der Waals surface area contributed by atoms with E-state index < -0.39 is 0 Å². The topological polar surface area (TPSA) is 0 Å². The molecule has 6 heavy (non-hydrogen) atoms. The molecule has 0 amide bonds. The summed E-state index contributed by atoms with van der Waals surface area (Å²) in [5, 5.41) is 0. The second-order valence-electron chi connectivity index (χ2n) is 1.11. The van der Waals surface area contributed by atoms with Crippen LogP contribution in [-0.2, 0) is 0 Å². The Morgan fingerprint density at radius 1 is 1.83 bits per heavy atom. The summed E-state index contributed by atoms with van der Waals surface area (Å²) >= 11 is 0. The molecule has 0 aliphatic carbocycles. The van der Waals surface area contributed by atoms with Crippen LogP contribution in [0.3, 0.4) is 0 Å². The van der Waals surface area contributed by atoms with Crippen molar-refractivity contribution in [1.29, 1.82) is 0 Å². The van der Waals surface area contributed by atoms with Gasteiger partial charge in [-0.25, -0.2) is 0 Å². The lowest BCUT2D eigenvalue weighted by Gasteiger charge is -1.79. The van der Waals surface area contributed by atoms with Gasteiger partial charge in [0.05, 0.1) is 0 Å². The predicted octanol–water partition coefficient (Wildman–Crippen LogP) is 1.62. The van der Waals surface area contributed by atoms with E-state index in [1.165, 1.54) is 0 Å². The maximum atomic E-state index is 4.93. The van der Waals surface area contributed by atoms with Gasteiger partial charge in [-0.15, -0.1) is 12.3 Å².